The molecule has 0 bridgehead atoms. The van der Waals surface area contributed by atoms with Gasteiger partial charge >= 0.3 is 5.97 Å². The zero-order valence-corrected chi connectivity index (χ0v) is 18.4. The average Bonchev–Trinajstić information content (AvgIpc) is 3.29. The van der Waals surface area contributed by atoms with Crippen LogP contribution in [0.5, 0.6) is 11.5 Å². The highest BCUT2D eigenvalue weighted by Gasteiger charge is 2.13. The molecule has 1 aromatic heterocycles. The van der Waals surface area contributed by atoms with Gasteiger partial charge in [-0.25, -0.2) is 9.78 Å². The van der Waals surface area contributed by atoms with Gasteiger partial charge in [-0.05, 0) is 42.8 Å². The van der Waals surface area contributed by atoms with Gasteiger partial charge in [0.05, 0.1) is 24.6 Å². The second-order valence-electron chi connectivity index (χ2n) is 6.94. The number of aromatic nitrogens is 1. The van der Waals surface area contributed by atoms with Crippen LogP contribution in [-0.4, -0.2) is 24.3 Å². The van der Waals surface area contributed by atoms with Crippen LogP contribution in [0.3, 0.4) is 0 Å². The Hall–Kier alpha value is -3.97. The van der Waals surface area contributed by atoms with Crippen molar-refractivity contribution < 1.29 is 14.3 Å². The molecule has 0 radical (unpaired) electrons. The summed E-state index contributed by atoms with van der Waals surface area (Å²) in [5.41, 5.74) is 7.16. The smallest absolute Gasteiger partial charge is 0.343 e. The van der Waals surface area contributed by atoms with E-state index >= 15 is 0 Å². The Bertz CT molecular complexity index is 1250. The molecule has 0 atom stereocenters. The van der Waals surface area contributed by atoms with E-state index in [4.69, 9.17) is 9.47 Å². The molecule has 0 spiro atoms. The monoisotopic (exact) mass is 443 g/mol. The molecule has 0 saturated carbocycles. The third kappa shape index (κ3) is 5.19. The van der Waals surface area contributed by atoms with Gasteiger partial charge in [0.1, 0.15) is 0 Å². The minimum Gasteiger partial charge on any atom is -0.493 e. The van der Waals surface area contributed by atoms with Crippen LogP contribution in [0.2, 0.25) is 0 Å². The number of thiazole rings is 1. The molecule has 1 heterocycles. The number of esters is 1. The first-order valence-corrected chi connectivity index (χ1v) is 10.8. The van der Waals surface area contributed by atoms with Crippen molar-refractivity contribution in [2.45, 2.75) is 6.92 Å². The van der Waals surface area contributed by atoms with Crippen molar-refractivity contribution in [2.24, 2.45) is 5.10 Å². The van der Waals surface area contributed by atoms with Crippen molar-refractivity contribution >= 4 is 28.7 Å². The Kier molecular flexibility index (Phi) is 6.57. The lowest BCUT2D eigenvalue weighted by Gasteiger charge is -2.10. The zero-order chi connectivity index (χ0) is 22.3. The molecule has 0 amide bonds. The predicted molar refractivity (Wildman–Crippen MR) is 128 cm³/mol. The van der Waals surface area contributed by atoms with E-state index in [0.717, 1.165) is 22.4 Å². The summed E-state index contributed by atoms with van der Waals surface area (Å²) in [4.78, 5) is 17.0. The minimum atomic E-state index is -0.437. The Morgan fingerprint density at radius 3 is 2.66 bits per heavy atom. The zero-order valence-electron chi connectivity index (χ0n) is 17.6. The number of hydrazone groups is 1. The van der Waals surface area contributed by atoms with Gasteiger partial charge in [0, 0.05) is 10.9 Å². The third-order valence-corrected chi connectivity index (χ3v) is 5.34. The maximum absolute atomic E-state index is 12.4. The highest BCUT2D eigenvalue weighted by atomic mass is 32.1. The summed E-state index contributed by atoms with van der Waals surface area (Å²) in [6.07, 6.45) is 1.65. The number of carbonyl (C=O) groups is 1. The highest BCUT2D eigenvalue weighted by Crippen LogP contribution is 2.29. The fourth-order valence-electron chi connectivity index (χ4n) is 3.01. The van der Waals surface area contributed by atoms with Crippen molar-refractivity contribution in [3.63, 3.8) is 0 Å². The van der Waals surface area contributed by atoms with Crippen molar-refractivity contribution in [2.75, 3.05) is 12.5 Å². The molecule has 4 aromatic rings. The van der Waals surface area contributed by atoms with Crippen LogP contribution in [0, 0.1) is 6.92 Å². The molecule has 7 heteroatoms. The van der Waals surface area contributed by atoms with Gasteiger partial charge in [0.15, 0.2) is 11.5 Å². The van der Waals surface area contributed by atoms with Gasteiger partial charge in [-0.15, -0.1) is 11.3 Å². The lowest BCUT2D eigenvalue weighted by molar-refractivity contribution is 0.0729. The number of nitrogens with zero attached hydrogens (tertiary/aromatic N) is 2. The Balaban J connectivity index is 1.42. The molecule has 6 nitrogen and oxygen atoms in total. The third-order valence-electron chi connectivity index (χ3n) is 4.59. The number of hydrogen-bond donors (Lipinski definition) is 1. The van der Waals surface area contributed by atoms with Crippen LogP contribution in [0.15, 0.2) is 83.3 Å². The Labute approximate surface area is 190 Å². The number of hydrogen-bond acceptors (Lipinski definition) is 7. The number of rotatable bonds is 7. The van der Waals surface area contributed by atoms with E-state index in [0.29, 0.717) is 22.2 Å². The van der Waals surface area contributed by atoms with Crippen LogP contribution in [0.1, 0.15) is 21.5 Å². The lowest BCUT2D eigenvalue weighted by atomic mass is 10.1. The van der Waals surface area contributed by atoms with Gasteiger partial charge in [-0.1, -0.05) is 48.0 Å². The van der Waals surface area contributed by atoms with Crippen LogP contribution in [0.25, 0.3) is 11.3 Å². The fraction of sp³-hybridized carbons (Fsp3) is 0.0800. The first-order valence-electron chi connectivity index (χ1n) is 9.89. The standard InChI is InChI=1S/C25H21N3O3S/c1-17-7-6-10-20(13-17)24(29)31-22-12-11-18(14-23(22)30-2)15-26-28-25-27-21(16-32-25)19-8-4-3-5-9-19/h3-16H,1-2H3,(H,27,28)/b26-15-. The number of benzene rings is 3. The van der Waals surface area contributed by atoms with E-state index < -0.39 is 5.97 Å². The predicted octanol–water partition coefficient (Wildman–Crippen LogP) is 5.79. The highest BCUT2D eigenvalue weighted by molar-refractivity contribution is 7.14. The van der Waals surface area contributed by atoms with Crippen molar-refractivity contribution in [1.82, 2.24) is 4.98 Å². The van der Waals surface area contributed by atoms with E-state index in [1.54, 1.807) is 36.5 Å². The molecule has 0 aliphatic carbocycles. The second kappa shape index (κ2) is 9.89. The fourth-order valence-corrected chi connectivity index (χ4v) is 3.68. The van der Waals surface area contributed by atoms with Crippen molar-refractivity contribution in [3.8, 4) is 22.8 Å². The van der Waals surface area contributed by atoms with Crippen LogP contribution in [-0.2, 0) is 0 Å². The summed E-state index contributed by atoms with van der Waals surface area (Å²) in [7, 11) is 1.53. The normalized spacial score (nSPS) is 10.8. The molecule has 0 aliphatic heterocycles. The molecule has 3 aromatic carbocycles. The molecule has 0 fully saturated rings. The van der Waals surface area contributed by atoms with E-state index in [2.05, 4.69) is 15.5 Å². The van der Waals surface area contributed by atoms with Crippen LogP contribution in [0.4, 0.5) is 5.13 Å². The molecule has 4 rings (SSSR count). The summed E-state index contributed by atoms with van der Waals surface area (Å²) < 4.78 is 10.9. The number of ether oxygens (including phenoxy) is 2. The second-order valence-corrected chi connectivity index (χ2v) is 7.80. The quantitative estimate of drug-likeness (QED) is 0.169. The number of nitrogens with one attached hydrogen (secondary N) is 1. The molecule has 160 valence electrons. The van der Waals surface area contributed by atoms with Crippen molar-refractivity contribution in [1.29, 1.82) is 0 Å². The summed E-state index contributed by atoms with van der Waals surface area (Å²) in [6, 6.07) is 22.4. The lowest BCUT2D eigenvalue weighted by Crippen LogP contribution is -2.09. The number of carbonyl (C=O) groups excluding carboxylic acids is 1. The average molecular weight is 444 g/mol. The van der Waals surface area contributed by atoms with Gasteiger partial charge in [0.25, 0.3) is 0 Å². The van der Waals surface area contributed by atoms with E-state index in [1.807, 2.05) is 54.8 Å². The maximum atomic E-state index is 12.4. The summed E-state index contributed by atoms with van der Waals surface area (Å²) in [5, 5.41) is 6.92. The van der Waals surface area contributed by atoms with E-state index in [1.165, 1.54) is 18.4 Å². The summed E-state index contributed by atoms with van der Waals surface area (Å²) in [6.45, 7) is 1.92. The largest absolute Gasteiger partial charge is 0.493 e. The summed E-state index contributed by atoms with van der Waals surface area (Å²) >= 11 is 1.48. The Morgan fingerprint density at radius 2 is 1.88 bits per heavy atom. The molecular weight excluding hydrogens is 422 g/mol. The van der Waals surface area contributed by atoms with Gasteiger partial charge in [-0.3, -0.25) is 5.43 Å². The number of methoxy groups -OCH3 is 1. The first-order chi connectivity index (χ1) is 15.6. The number of anilines is 1. The van der Waals surface area contributed by atoms with Crippen LogP contribution >= 0.6 is 11.3 Å². The minimum absolute atomic E-state index is 0.344. The van der Waals surface area contributed by atoms with E-state index in [9.17, 15) is 4.79 Å². The first kappa shape index (κ1) is 21.3. The molecule has 0 aliphatic rings. The van der Waals surface area contributed by atoms with Gasteiger partial charge < -0.3 is 9.47 Å². The van der Waals surface area contributed by atoms with E-state index in [-0.39, 0.29) is 0 Å². The topological polar surface area (TPSA) is 72.8 Å². The van der Waals surface area contributed by atoms with Crippen molar-refractivity contribution in [3.05, 3.63) is 94.9 Å². The van der Waals surface area contributed by atoms with Gasteiger partial charge in [-0.2, -0.15) is 5.10 Å². The molecule has 32 heavy (non-hydrogen) atoms. The maximum Gasteiger partial charge on any atom is 0.343 e. The Morgan fingerprint density at radius 1 is 1.03 bits per heavy atom. The van der Waals surface area contributed by atoms with Crippen LogP contribution < -0.4 is 14.9 Å². The molecule has 0 unspecified atom stereocenters. The molecule has 1 N–H and O–H groups in total. The molecular formula is C25H21N3O3S. The molecule has 0 saturated heterocycles. The summed E-state index contributed by atoms with van der Waals surface area (Å²) in [5.74, 6) is 0.347. The SMILES string of the molecule is COc1cc(/C=N\Nc2nc(-c3ccccc3)cs2)ccc1OC(=O)c1cccc(C)c1. The number of aryl methyl sites for hydroxylation is 1. The van der Waals surface area contributed by atoms with Gasteiger partial charge in [0.2, 0.25) is 5.13 Å².